The Labute approximate surface area is 121 Å². The van der Waals surface area contributed by atoms with Crippen LogP contribution in [-0.4, -0.2) is 33.4 Å². The SMILES string of the molecule is COc1ccc([C@@H]2CC(=O)CC(=O)[C@@H]2n2cncn2)cc1. The second kappa shape index (κ2) is 5.47. The molecular weight excluding hydrogens is 270 g/mol. The predicted molar refractivity (Wildman–Crippen MR) is 74.0 cm³/mol. The second-order valence-electron chi connectivity index (χ2n) is 5.09. The van der Waals surface area contributed by atoms with Gasteiger partial charge in [0.1, 0.15) is 30.2 Å². The molecular formula is C15H15N3O3. The molecule has 1 saturated carbocycles. The van der Waals surface area contributed by atoms with Crippen LogP contribution >= 0.6 is 0 Å². The number of carbonyl (C=O) groups is 2. The normalized spacial score (nSPS) is 22.3. The van der Waals surface area contributed by atoms with Gasteiger partial charge in [0.05, 0.1) is 13.5 Å². The summed E-state index contributed by atoms with van der Waals surface area (Å²) in [7, 11) is 1.60. The fourth-order valence-corrected chi connectivity index (χ4v) is 2.80. The van der Waals surface area contributed by atoms with Crippen LogP contribution in [-0.2, 0) is 9.59 Å². The van der Waals surface area contributed by atoms with E-state index < -0.39 is 6.04 Å². The van der Waals surface area contributed by atoms with E-state index in [1.54, 1.807) is 11.8 Å². The van der Waals surface area contributed by atoms with Gasteiger partial charge in [0.15, 0.2) is 5.78 Å². The van der Waals surface area contributed by atoms with Gasteiger partial charge < -0.3 is 4.74 Å². The topological polar surface area (TPSA) is 74.1 Å². The van der Waals surface area contributed by atoms with E-state index in [0.29, 0.717) is 6.42 Å². The summed E-state index contributed by atoms with van der Waals surface area (Å²) in [5.74, 6) is 0.380. The van der Waals surface area contributed by atoms with Crippen molar-refractivity contribution in [1.29, 1.82) is 0 Å². The monoisotopic (exact) mass is 285 g/mol. The third-order valence-electron chi connectivity index (χ3n) is 3.80. The smallest absolute Gasteiger partial charge is 0.165 e. The number of hydrogen-bond donors (Lipinski definition) is 0. The molecule has 3 rings (SSSR count). The average molecular weight is 285 g/mol. The Balaban J connectivity index is 1.98. The molecule has 0 unspecified atom stereocenters. The molecule has 1 aromatic heterocycles. The summed E-state index contributed by atoms with van der Waals surface area (Å²) in [6, 6.07) is 6.96. The van der Waals surface area contributed by atoms with Crippen LogP contribution in [0.5, 0.6) is 5.75 Å². The van der Waals surface area contributed by atoms with Gasteiger partial charge in [-0.3, -0.25) is 9.59 Å². The van der Waals surface area contributed by atoms with Crippen molar-refractivity contribution < 1.29 is 14.3 Å². The zero-order valence-electron chi connectivity index (χ0n) is 11.6. The molecule has 0 N–H and O–H groups in total. The Morgan fingerprint density at radius 3 is 2.62 bits per heavy atom. The maximum atomic E-state index is 12.3. The van der Waals surface area contributed by atoms with E-state index >= 15 is 0 Å². The zero-order chi connectivity index (χ0) is 14.8. The van der Waals surface area contributed by atoms with E-state index in [9.17, 15) is 9.59 Å². The molecule has 0 aliphatic heterocycles. The quantitative estimate of drug-likeness (QED) is 0.800. The first-order chi connectivity index (χ1) is 10.2. The Kier molecular flexibility index (Phi) is 3.51. The van der Waals surface area contributed by atoms with Crippen LogP contribution in [0.4, 0.5) is 0 Å². The van der Waals surface area contributed by atoms with Crippen LogP contribution in [0, 0.1) is 0 Å². The lowest BCUT2D eigenvalue weighted by Crippen LogP contribution is -2.34. The summed E-state index contributed by atoms with van der Waals surface area (Å²) in [6.45, 7) is 0. The van der Waals surface area contributed by atoms with Crippen molar-refractivity contribution in [1.82, 2.24) is 14.8 Å². The van der Waals surface area contributed by atoms with Gasteiger partial charge in [-0.25, -0.2) is 9.67 Å². The number of ketones is 2. The van der Waals surface area contributed by atoms with Crippen LogP contribution in [0.3, 0.4) is 0 Å². The first kappa shape index (κ1) is 13.5. The number of hydrogen-bond acceptors (Lipinski definition) is 5. The Morgan fingerprint density at radius 2 is 2.00 bits per heavy atom. The number of carbonyl (C=O) groups excluding carboxylic acids is 2. The van der Waals surface area contributed by atoms with Gasteiger partial charge in [0.2, 0.25) is 0 Å². The van der Waals surface area contributed by atoms with Crippen LogP contribution in [0.25, 0.3) is 0 Å². The number of nitrogens with zero attached hydrogens (tertiary/aromatic N) is 3. The Hall–Kier alpha value is -2.50. The molecule has 1 heterocycles. The lowest BCUT2D eigenvalue weighted by molar-refractivity contribution is -0.133. The summed E-state index contributed by atoms with van der Waals surface area (Å²) < 4.78 is 6.68. The summed E-state index contributed by atoms with van der Waals surface area (Å²) in [6.07, 6.45) is 3.23. The molecule has 0 spiro atoms. The van der Waals surface area contributed by atoms with Gasteiger partial charge in [0, 0.05) is 12.3 Å². The van der Waals surface area contributed by atoms with E-state index in [0.717, 1.165) is 11.3 Å². The predicted octanol–water partition coefficient (Wildman–Crippen LogP) is 1.54. The van der Waals surface area contributed by atoms with Gasteiger partial charge in [0.25, 0.3) is 0 Å². The molecule has 6 heteroatoms. The van der Waals surface area contributed by atoms with Gasteiger partial charge in [-0.2, -0.15) is 5.10 Å². The molecule has 1 aliphatic carbocycles. The van der Waals surface area contributed by atoms with Gasteiger partial charge in [-0.1, -0.05) is 12.1 Å². The maximum absolute atomic E-state index is 12.3. The van der Waals surface area contributed by atoms with Gasteiger partial charge >= 0.3 is 0 Å². The van der Waals surface area contributed by atoms with E-state index in [1.807, 2.05) is 24.3 Å². The van der Waals surface area contributed by atoms with Crippen molar-refractivity contribution in [3.8, 4) is 5.75 Å². The second-order valence-corrected chi connectivity index (χ2v) is 5.09. The minimum absolute atomic E-state index is 0.0304. The Morgan fingerprint density at radius 1 is 1.24 bits per heavy atom. The highest BCUT2D eigenvalue weighted by Gasteiger charge is 2.38. The number of benzene rings is 1. The van der Waals surface area contributed by atoms with Crippen molar-refractivity contribution in [2.45, 2.75) is 24.8 Å². The van der Waals surface area contributed by atoms with Crippen molar-refractivity contribution in [3.63, 3.8) is 0 Å². The Bertz CT molecular complexity index is 649. The minimum atomic E-state index is -0.474. The van der Waals surface area contributed by atoms with Crippen LogP contribution in [0.2, 0.25) is 0 Å². The summed E-state index contributed by atoms with van der Waals surface area (Å²) in [4.78, 5) is 28.0. The number of Topliss-reactive ketones (excluding diaryl/α,β-unsaturated/α-hetero) is 2. The summed E-state index contributed by atoms with van der Waals surface area (Å²) in [5.41, 5.74) is 0.928. The number of aromatic nitrogens is 3. The first-order valence-corrected chi connectivity index (χ1v) is 6.71. The largest absolute Gasteiger partial charge is 0.497 e. The van der Waals surface area contributed by atoms with Crippen LogP contribution in [0.1, 0.15) is 30.4 Å². The van der Waals surface area contributed by atoms with Crippen LogP contribution in [0.15, 0.2) is 36.9 Å². The summed E-state index contributed by atoms with van der Waals surface area (Å²) >= 11 is 0. The standard InChI is InChI=1S/C15H15N3O3/c1-21-12-4-2-10(3-5-12)13-6-11(19)7-14(20)15(13)18-9-16-8-17-18/h2-5,8-9,13,15H,6-7H2,1H3/t13-,15+/m0/s1. The van der Waals surface area contributed by atoms with Crippen molar-refractivity contribution in [2.24, 2.45) is 0 Å². The third kappa shape index (κ3) is 2.56. The van der Waals surface area contributed by atoms with Crippen molar-refractivity contribution in [3.05, 3.63) is 42.5 Å². The molecule has 0 amide bonds. The lowest BCUT2D eigenvalue weighted by Gasteiger charge is -2.29. The maximum Gasteiger partial charge on any atom is 0.165 e. The fourth-order valence-electron chi connectivity index (χ4n) is 2.80. The van der Waals surface area contributed by atoms with E-state index in [2.05, 4.69) is 10.1 Å². The van der Waals surface area contributed by atoms with E-state index in [-0.39, 0.29) is 23.9 Å². The highest BCUT2D eigenvalue weighted by atomic mass is 16.5. The molecule has 1 aliphatic rings. The van der Waals surface area contributed by atoms with Gasteiger partial charge in [-0.05, 0) is 17.7 Å². The first-order valence-electron chi connectivity index (χ1n) is 6.71. The molecule has 0 radical (unpaired) electrons. The molecule has 2 atom stereocenters. The minimum Gasteiger partial charge on any atom is -0.497 e. The number of rotatable bonds is 3. The fraction of sp³-hybridized carbons (Fsp3) is 0.333. The third-order valence-corrected chi connectivity index (χ3v) is 3.80. The molecule has 1 fully saturated rings. The molecule has 6 nitrogen and oxygen atoms in total. The molecule has 108 valence electrons. The molecule has 0 bridgehead atoms. The van der Waals surface area contributed by atoms with Crippen LogP contribution < -0.4 is 4.74 Å². The summed E-state index contributed by atoms with van der Waals surface area (Å²) in [5, 5.41) is 4.07. The van der Waals surface area contributed by atoms with Crippen molar-refractivity contribution in [2.75, 3.05) is 7.11 Å². The molecule has 2 aromatic rings. The average Bonchev–Trinajstić information content (AvgIpc) is 3.00. The number of methoxy groups -OCH3 is 1. The molecule has 21 heavy (non-hydrogen) atoms. The highest BCUT2D eigenvalue weighted by Crippen LogP contribution is 2.37. The lowest BCUT2D eigenvalue weighted by atomic mass is 9.78. The van der Waals surface area contributed by atoms with E-state index in [1.165, 1.54) is 12.7 Å². The highest BCUT2D eigenvalue weighted by molar-refractivity contribution is 6.04. The molecule has 1 aromatic carbocycles. The van der Waals surface area contributed by atoms with E-state index in [4.69, 9.17) is 4.74 Å². The van der Waals surface area contributed by atoms with Gasteiger partial charge in [-0.15, -0.1) is 0 Å². The molecule has 0 saturated heterocycles. The van der Waals surface area contributed by atoms with Crippen molar-refractivity contribution >= 4 is 11.6 Å². The zero-order valence-corrected chi connectivity index (χ0v) is 11.6. The number of ether oxygens (including phenoxy) is 1.